The molecule has 2 saturated heterocycles. The van der Waals surface area contributed by atoms with Crippen molar-refractivity contribution in [2.24, 2.45) is 11.8 Å². The molecule has 0 spiro atoms. The Bertz CT molecular complexity index is 604. The average Bonchev–Trinajstić information content (AvgIpc) is 2.58. The van der Waals surface area contributed by atoms with Crippen LogP contribution in [0.3, 0.4) is 0 Å². The zero-order chi connectivity index (χ0) is 25.6. The summed E-state index contributed by atoms with van der Waals surface area (Å²) in [4.78, 5) is 24.7. The fraction of sp³-hybridized carbons (Fsp3) is 0.923. The molecule has 0 unspecified atom stereocenters. The maximum Gasteiger partial charge on any atom is 0.220 e. The lowest BCUT2D eigenvalue weighted by Crippen LogP contribution is -2.46. The van der Waals surface area contributed by atoms with Crippen LogP contribution in [0.2, 0.25) is 0 Å². The number of carbonyl (C=O) groups excluding carboxylic acids is 2. The molecule has 2 aliphatic heterocycles. The minimum absolute atomic E-state index is 0.135. The molecule has 2 heterocycles. The Kier molecular flexibility index (Phi) is 10.7. The standard InChI is InChI=1S/C26H48N2O4S2/c1-23(2)15-19(16-24(3,4)31-23)13-21(29)27-9-11-33-34-12-10-28-22(30)14-20-17-25(5,6)32-26(7,8)18-20/h19-20H,9-18H2,1-8H3,(H,27,29)(H,28,30). The number of hydrogen-bond donors (Lipinski definition) is 2. The molecule has 2 N–H and O–H groups in total. The highest BCUT2D eigenvalue weighted by molar-refractivity contribution is 8.76. The number of nitrogens with one attached hydrogen (secondary N) is 2. The van der Waals surface area contributed by atoms with Crippen molar-refractivity contribution in [3.63, 3.8) is 0 Å². The van der Waals surface area contributed by atoms with Crippen LogP contribution >= 0.6 is 21.6 Å². The summed E-state index contributed by atoms with van der Waals surface area (Å²) in [6.07, 6.45) is 4.83. The fourth-order valence-corrected chi connectivity index (χ4v) is 7.94. The molecule has 2 fully saturated rings. The van der Waals surface area contributed by atoms with Crippen LogP contribution in [0, 0.1) is 11.8 Å². The minimum atomic E-state index is -0.174. The second kappa shape index (κ2) is 12.2. The van der Waals surface area contributed by atoms with Crippen molar-refractivity contribution in [1.29, 1.82) is 0 Å². The van der Waals surface area contributed by atoms with E-state index in [1.807, 2.05) is 0 Å². The molecule has 198 valence electrons. The Labute approximate surface area is 215 Å². The van der Waals surface area contributed by atoms with Crippen molar-refractivity contribution in [2.75, 3.05) is 24.6 Å². The molecule has 34 heavy (non-hydrogen) atoms. The number of carbonyl (C=O) groups is 2. The van der Waals surface area contributed by atoms with E-state index in [1.165, 1.54) is 0 Å². The first-order chi connectivity index (χ1) is 15.6. The number of amides is 2. The molecule has 0 radical (unpaired) electrons. The normalized spacial score (nSPS) is 23.9. The quantitative estimate of drug-likeness (QED) is 0.285. The largest absolute Gasteiger partial charge is 0.370 e. The van der Waals surface area contributed by atoms with E-state index in [0.29, 0.717) is 37.8 Å². The summed E-state index contributed by atoms with van der Waals surface area (Å²) in [5, 5.41) is 6.12. The number of ether oxygens (including phenoxy) is 2. The minimum Gasteiger partial charge on any atom is -0.370 e. The Morgan fingerprint density at radius 3 is 1.24 bits per heavy atom. The van der Waals surface area contributed by atoms with Crippen molar-refractivity contribution < 1.29 is 19.1 Å². The van der Waals surface area contributed by atoms with Gasteiger partial charge in [0.05, 0.1) is 22.4 Å². The molecule has 0 saturated carbocycles. The lowest BCUT2D eigenvalue weighted by atomic mass is 9.79. The summed E-state index contributed by atoms with van der Waals surface area (Å²) in [6.45, 7) is 18.3. The SMILES string of the molecule is CC1(C)CC(CC(=O)NCCSSCCNC(=O)CC2CC(C)(C)OC(C)(C)C2)CC(C)(C)O1. The molecule has 8 heteroatoms. The predicted molar refractivity (Wildman–Crippen MR) is 144 cm³/mol. The van der Waals surface area contributed by atoms with Crippen LogP contribution < -0.4 is 10.6 Å². The van der Waals surface area contributed by atoms with Crippen LogP contribution in [0.15, 0.2) is 0 Å². The van der Waals surface area contributed by atoms with Crippen LogP contribution in [0.1, 0.15) is 93.9 Å². The van der Waals surface area contributed by atoms with Gasteiger partial charge in [0.1, 0.15) is 0 Å². The van der Waals surface area contributed by atoms with Crippen LogP contribution in [-0.4, -0.2) is 58.8 Å². The van der Waals surface area contributed by atoms with E-state index < -0.39 is 0 Å². The maximum atomic E-state index is 12.4. The van der Waals surface area contributed by atoms with E-state index in [0.717, 1.165) is 37.2 Å². The molecule has 2 amide bonds. The van der Waals surface area contributed by atoms with E-state index in [1.54, 1.807) is 21.6 Å². The monoisotopic (exact) mass is 516 g/mol. The third-order valence-electron chi connectivity index (χ3n) is 6.27. The van der Waals surface area contributed by atoms with Gasteiger partial charge in [0, 0.05) is 37.4 Å². The van der Waals surface area contributed by atoms with Gasteiger partial charge < -0.3 is 20.1 Å². The summed E-state index contributed by atoms with van der Waals surface area (Å²) in [5.74, 6) is 2.72. The Balaban J connectivity index is 1.51. The van der Waals surface area contributed by atoms with Gasteiger partial charge in [-0.1, -0.05) is 21.6 Å². The summed E-state index contributed by atoms with van der Waals surface area (Å²) >= 11 is 0. The Morgan fingerprint density at radius 2 is 0.941 bits per heavy atom. The zero-order valence-corrected chi connectivity index (χ0v) is 24.3. The lowest BCUT2D eigenvalue weighted by Gasteiger charge is -2.45. The highest BCUT2D eigenvalue weighted by Gasteiger charge is 2.40. The highest BCUT2D eigenvalue weighted by atomic mass is 33.1. The first-order valence-corrected chi connectivity index (χ1v) is 15.2. The fourth-order valence-electron chi connectivity index (χ4n) is 6.13. The molecular weight excluding hydrogens is 468 g/mol. The second-order valence-electron chi connectivity index (χ2n) is 12.5. The third kappa shape index (κ3) is 11.5. The molecule has 0 aromatic heterocycles. The van der Waals surface area contributed by atoms with Gasteiger partial charge in [-0.15, -0.1) is 0 Å². The van der Waals surface area contributed by atoms with Gasteiger partial charge in [0.15, 0.2) is 0 Å². The van der Waals surface area contributed by atoms with Crippen LogP contribution in [0.5, 0.6) is 0 Å². The van der Waals surface area contributed by atoms with Crippen molar-refractivity contribution in [1.82, 2.24) is 10.6 Å². The van der Waals surface area contributed by atoms with Gasteiger partial charge in [0.25, 0.3) is 0 Å². The van der Waals surface area contributed by atoms with Crippen LogP contribution in [0.4, 0.5) is 0 Å². The molecule has 0 aromatic rings. The molecular formula is C26H48N2O4S2. The maximum absolute atomic E-state index is 12.4. The summed E-state index contributed by atoms with van der Waals surface area (Å²) < 4.78 is 12.2. The average molecular weight is 517 g/mol. The van der Waals surface area contributed by atoms with Crippen molar-refractivity contribution in [3.8, 4) is 0 Å². The number of rotatable bonds is 11. The lowest BCUT2D eigenvalue weighted by molar-refractivity contribution is -0.175. The second-order valence-corrected chi connectivity index (χ2v) is 15.2. The third-order valence-corrected chi connectivity index (χ3v) is 8.68. The van der Waals surface area contributed by atoms with Gasteiger partial charge in [-0.25, -0.2) is 0 Å². The van der Waals surface area contributed by atoms with Crippen molar-refractivity contribution in [2.45, 2.75) is 116 Å². The van der Waals surface area contributed by atoms with Gasteiger partial charge in [-0.2, -0.15) is 0 Å². The van der Waals surface area contributed by atoms with Crippen LogP contribution in [-0.2, 0) is 19.1 Å². The highest BCUT2D eigenvalue weighted by Crippen LogP contribution is 2.40. The van der Waals surface area contributed by atoms with Gasteiger partial charge >= 0.3 is 0 Å². The Morgan fingerprint density at radius 1 is 0.647 bits per heavy atom. The van der Waals surface area contributed by atoms with Crippen LogP contribution in [0.25, 0.3) is 0 Å². The molecule has 2 rings (SSSR count). The first-order valence-electron chi connectivity index (χ1n) is 12.7. The smallest absolute Gasteiger partial charge is 0.220 e. The zero-order valence-electron chi connectivity index (χ0n) is 22.7. The topological polar surface area (TPSA) is 76.7 Å². The molecule has 0 atom stereocenters. The van der Waals surface area contributed by atoms with E-state index in [-0.39, 0.29) is 34.2 Å². The number of hydrogen-bond acceptors (Lipinski definition) is 6. The first kappa shape index (κ1) is 29.8. The molecule has 0 bridgehead atoms. The summed E-state index contributed by atoms with van der Waals surface area (Å²) in [6, 6.07) is 0. The molecule has 6 nitrogen and oxygen atoms in total. The van der Waals surface area contributed by atoms with Gasteiger partial charge in [0.2, 0.25) is 11.8 Å². The molecule has 0 aromatic carbocycles. The molecule has 2 aliphatic rings. The summed E-state index contributed by atoms with van der Waals surface area (Å²) in [7, 11) is 3.48. The van der Waals surface area contributed by atoms with Gasteiger partial charge in [-0.3, -0.25) is 9.59 Å². The van der Waals surface area contributed by atoms with E-state index >= 15 is 0 Å². The predicted octanol–water partition coefficient (Wildman–Crippen LogP) is 5.35. The van der Waals surface area contributed by atoms with Crippen molar-refractivity contribution >= 4 is 33.4 Å². The van der Waals surface area contributed by atoms with E-state index in [2.05, 4.69) is 66.0 Å². The summed E-state index contributed by atoms with van der Waals surface area (Å²) in [5.41, 5.74) is -0.696. The van der Waals surface area contributed by atoms with Gasteiger partial charge in [-0.05, 0) is 92.9 Å². The van der Waals surface area contributed by atoms with E-state index in [4.69, 9.17) is 9.47 Å². The molecule has 0 aliphatic carbocycles. The van der Waals surface area contributed by atoms with Crippen molar-refractivity contribution in [3.05, 3.63) is 0 Å². The van der Waals surface area contributed by atoms with E-state index in [9.17, 15) is 9.59 Å². The Hall–Kier alpha value is -0.440.